The monoisotopic (exact) mass is 857 g/mol. The minimum atomic E-state index is -1.66. The third-order valence-electron chi connectivity index (χ3n) is 10.6. The van der Waals surface area contributed by atoms with Gasteiger partial charge in [0.15, 0.2) is 17.0 Å². The molecule has 4 atom stereocenters. The summed E-state index contributed by atoms with van der Waals surface area (Å²) >= 11 is 0. The Morgan fingerprint density at radius 3 is 2.05 bits per heavy atom. The summed E-state index contributed by atoms with van der Waals surface area (Å²) in [7, 11) is 1.62. The van der Waals surface area contributed by atoms with Crippen LogP contribution in [0.25, 0.3) is 11.2 Å². The molecule has 1 saturated heterocycles. The van der Waals surface area contributed by atoms with Crippen LogP contribution in [0.3, 0.4) is 0 Å². The number of methoxy groups -OCH3 is 2. The second-order valence-electron chi connectivity index (χ2n) is 15.2. The first-order chi connectivity index (χ1) is 30.2. The molecule has 3 heterocycles. The molecule has 4 aromatic carbocycles. The van der Waals surface area contributed by atoms with Crippen LogP contribution < -0.4 is 14.8 Å². The molecule has 322 valence electrons. The fraction of sp³-hybridized carbons (Fsp3) is 0.340. The lowest BCUT2D eigenvalue weighted by Crippen LogP contribution is -2.39. The summed E-state index contributed by atoms with van der Waals surface area (Å²) in [5.74, 6) is 1.39. The molecule has 1 unspecified atom stereocenters. The number of nitriles is 1. The average Bonchev–Trinajstić information content (AvgIpc) is 3.92. The number of anilines is 1. The molecule has 62 heavy (non-hydrogen) atoms. The topological polar surface area (TPSA) is 155 Å². The normalized spacial score (nSPS) is 17.1. The van der Waals surface area contributed by atoms with Crippen LogP contribution in [0.1, 0.15) is 73.8 Å². The average molecular weight is 858 g/mol. The van der Waals surface area contributed by atoms with Crippen LogP contribution in [-0.2, 0) is 24.1 Å². The molecule has 1 aliphatic heterocycles. The number of hydrogen-bond donors (Lipinski definition) is 1. The van der Waals surface area contributed by atoms with E-state index in [9.17, 15) is 10.1 Å². The number of ether oxygens (including phenoxy) is 4. The molecular weight excluding hydrogens is 806 g/mol. The summed E-state index contributed by atoms with van der Waals surface area (Å²) in [6.45, 7) is 8.70. The van der Waals surface area contributed by atoms with Crippen molar-refractivity contribution in [2.24, 2.45) is 0 Å². The first kappa shape index (κ1) is 44.3. The first-order valence-corrected chi connectivity index (χ1v) is 21.7. The molecule has 1 N–H and O–H groups in total. The van der Waals surface area contributed by atoms with E-state index in [4.69, 9.17) is 28.0 Å². The molecule has 0 aliphatic carbocycles. The van der Waals surface area contributed by atoms with Gasteiger partial charge in [0, 0.05) is 24.1 Å². The predicted octanol–water partition coefficient (Wildman–Crippen LogP) is 9.05. The minimum Gasteiger partial charge on any atom is -0.497 e. The van der Waals surface area contributed by atoms with Crippen LogP contribution in [-0.4, -0.2) is 81.8 Å². The van der Waals surface area contributed by atoms with Gasteiger partial charge in [0.1, 0.15) is 35.8 Å². The van der Waals surface area contributed by atoms with E-state index in [1.165, 1.54) is 6.33 Å². The van der Waals surface area contributed by atoms with Gasteiger partial charge in [0.05, 0.1) is 52.4 Å². The lowest BCUT2D eigenvalue weighted by molar-refractivity contribution is -0.0912. The Morgan fingerprint density at radius 1 is 0.871 bits per heavy atom. The van der Waals surface area contributed by atoms with Crippen molar-refractivity contribution in [1.29, 1.82) is 5.26 Å². The van der Waals surface area contributed by atoms with Crippen molar-refractivity contribution >= 4 is 31.4 Å². The highest BCUT2D eigenvalue weighted by molar-refractivity contribution is 7.44. The van der Waals surface area contributed by atoms with Crippen LogP contribution in [0.2, 0.25) is 0 Å². The van der Waals surface area contributed by atoms with E-state index in [0.717, 1.165) is 16.7 Å². The number of aromatic nitrogens is 4. The molecule has 15 heteroatoms. The van der Waals surface area contributed by atoms with E-state index in [2.05, 4.69) is 70.8 Å². The van der Waals surface area contributed by atoms with Crippen LogP contribution >= 0.6 is 8.53 Å². The van der Waals surface area contributed by atoms with Gasteiger partial charge in [-0.2, -0.15) is 5.26 Å². The van der Waals surface area contributed by atoms with Gasteiger partial charge >= 0.3 is 0 Å². The Morgan fingerprint density at radius 2 is 1.47 bits per heavy atom. The molecule has 0 radical (unpaired) electrons. The number of imidazole rings is 1. The van der Waals surface area contributed by atoms with Crippen molar-refractivity contribution in [3.05, 3.63) is 144 Å². The number of carbonyl (C=O) groups is 1. The highest BCUT2D eigenvalue weighted by Crippen LogP contribution is 2.51. The zero-order chi connectivity index (χ0) is 43.6. The fourth-order valence-corrected chi connectivity index (χ4v) is 9.51. The Hall–Kier alpha value is -5.78. The highest BCUT2D eigenvalue weighted by Gasteiger charge is 2.45. The largest absolute Gasteiger partial charge is 0.497 e. The van der Waals surface area contributed by atoms with Gasteiger partial charge in [0.25, 0.3) is 14.4 Å². The molecule has 1 fully saturated rings. The fourth-order valence-electron chi connectivity index (χ4n) is 7.75. The zero-order valence-electron chi connectivity index (χ0n) is 35.8. The maximum atomic E-state index is 13.2. The molecule has 0 saturated carbocycles. The van der Waals surface area contributed by atoms with E-state index < -0.39 is 32.6 Å². The molecule has 14 nitrogen and oxygen atoms in total. The smallest absolute Gasteiger partial charge is 0.259 e. The second-order valence-corrected chi connectivity index (χ2v) is 16.6. The number of nitrogens with one attached hydrogen (secondary N) is 1. The maximum absolute atomic E-state index is 13.2. The third-order valence-corrected chi connectivity index (χ3v) is 12.8. The molecule has 6 aromatic rings. The number of carbonyl (C=O) groups excluding carboxylic acids is 1. The maximum Gasteiger partial charge on any atom is 0.259 e. The lowest BCUT2D eigenvalue weighted by atomic mass is 9.80. The number of fused-ring (bicyclic) bond motifs is 1. The predicted molar refractivity (Wildman–Crippen MR) is 237 cm³/mol. The third kappa shape index (κ3) is 9.64. The molecule has 7 rings (SSSR count). The van der Waals surface area contributed by atoms with Gasteiger partial charge in [0.2, 0.25) is 0 Å². The standard InChI is InChI=1S/C47H52N7O7P/c1-32(2)54(33(3)4)62(59-27-13-26-48)61-40-28-42(53-31-51-43-44(49-30-50-45(43)53)52-46(55)34-14-9-7-10-15-34)60-41(40)29-58-47(35-16-11-8-12-17-35,36-18-22-38(56-5)23-19-36)37-20-24-39(57-6)25-21-37/h7-12,14-25,30-33,40-42H,13,27-29H2,1-6H3,(H,49,50,52,55)/t40-,41+,42+,62?/m1/s1. The van der Waals surface area contributed by atoms with Crippen molar-refractivity contribution in [3.8, 4) is 17.6 Å². The van der Waals surface area contributed by atoms with E-state index >= 15 is 0 Å². The summed E-state index contributed by atoms with van der Waals surface area (Å²) in [5.41, 5.74) is 2.89. The van der Waals surface area contributed by atoms with Gasteiger partial charge < -0.3 is 33.3 Å². The van der Waals surface area contributed by atoms with Crippen LogP contribution in [0.15, 0.2) is 122 Å². The Balaban J connectivity index is 1.28. The first-order valence-electron chi connectivity index (χ1n) is 20.6. The molecule has 0 bridgehead atoms. The quantitative estimate of drug-likeness (QED) is 0.0469. The van der Waals surface area contributed by atoms with Crippen molar-refractivity contribution in [2.75, 3.05) is 32.8 Å². The van der Waals surface area contributed by atoms with Crippen molar-refractivity contribution < 1.29 is 32.8 Å². The molecule has 2 aromatic heterocycles. The van der Waals surface area contributed by atoms with Gasteiger partial charge in [-0.3, -0.25) is 9.36 Å². The van der Waals surface area contributed by atoms with Crippen molar-refractivity contribution in [2.45, 2.75) is 76.7 Å². The number of amides is 1. The molecule has 0 spiro atoms. The number of benzene rings is 4. The summed E-state index contributed by atoms with van der Waals surface area (Å²) in [6, 6.07) is 37.1. The Bertz CT molecular complexity index is 2360. The zero-order valence-corrected chi connectivity index (χ0v) is 36.6. The Kier molecular flexibility index (Phi) is 14.6. The number of hydrogen-bond acceptors (Lipinski definition) is 12. The number of nitrogens with zero attached hydrogens (tertiary/aromatic N) is 6. The Labute approximate surface area is 363 Å². The summed E-state index contributed by atoms with van der Waals surface area (Å²) in [5, 5.41) is 12.3. The number of rotatable bonds is 19. The van der Waals surface area contributed by atoms with Gasteiger partial charge in [-0.25, -0.2) is 19.6 Å². The lowest BCUT2D eigenvalue weighted by Gasteiger charge is -2.39. The van der Waals surface area contributed by atoms with Crippen LogP contribution in [0, 0.1) is 11.3 Å². The summed E-state index contributed by atoms with van der Waals surface area (Å²) in [6.07, 6.45) is 1.84. The van der Waals surface area contributed by atoms with E-state index in [0.29, 0.717) is 34.6 Å². The second kappa shape index (κ2) is 20.4. The molecular formula is C47H52N7O7P. The molecule has 1 amide bonds. The van der Waals surface area contributed by atoms with Crippen molar-refractivity contribution in [1.82, 2.24) is 24.2 Å². The van der Waals surface area contributed by atoms with Crippen LogP contribution in [0.5, 0.6) is 11.5 Å². The van der Waals surface area contributed by atoms with Gasteiger partial charge in [-0.15, -0.1) is 0 Å². The van der Waals surface area contributed by atoms with Crippen molar-refractivity contribution in [3.63, 3.8) is 0 Å². The van der Waals surface area contributed by atoms with E-state index in [1.54, 1.807) is 44.8 Å². The minimum absolute atomic E-state index is 0.0747. The van der Waals surface area contributed by atoms with Gasteiger partial charge in [-0.05, 0) is 80.8 Å². The highest BCUT2D eigenvalue weighted by atomic mass is 31.2. The summed E-state index contributed by atoms with van der Waals surface area (Å²) < 4.78 is 43.0. The van der Waals surface area contributed by atoms with Crippen LogP contribution in [0.4, 0.5) is 5.82 Å². The van der Waals surface area contributed by atoms with E-state index in [1.807, 2.05) is 77.4 Å². The SMILES string of the molecule is COc1ccc(C(OC[C@@H]2O[C@H](n3cnc4c(NC(=O)c5ccccc5)ncnc43)C[C@H]2OP(OCCC#N)N(C(C)C)C(C)C)(c2ccccc2)c2ccc(OC)cc2)cc1. The summed E-state index contributed by atoms with van der Waals surface area (Å²) in [4.78, 5) is 26.8. The van der Waals surface area contributed by atoms with Gasteiger partial charge in [-0.1, -0.05) is 72.8 Å². The van der Waals surface area contributed by atoms with E-state index in [-0.39, 0.29) is 43.4 Å². The molecule has 1 aliphatic rings.